The van der Waals surface area contributed by atoms with E-state index in [9.17, 15) is 20.2 Å². The van der Waals surface area contributed by atoms with Gasteiger partial charge in [0, 0.05) is 25.9 Å². The normalized spacial score (nSPS) is 10.9. The minimum Gasteiger partial charge on any atom is -0.490 e. The van der Waals surface area contributed by atoms with Crippen molar-refractivity contribution in [2.24, 2.45) is 0 Å². The zero-order valence-corrected chi connectivity index (χ0v) is 22.2. The molecule has 0 saturated heterocycles. The van der Waals surface area contributed by atoms with Crippen molar-refractivity contribution >= 4 is 61.9 Å². The maximum absolute atomic E-state index is 12.7. The SMILES string of the molecule is CCOc1cc(/C=C(\C#N)C(=O)Nc2cccc([N+](=O)[O-])c2)c(Br)cc1OCc1ccc(I)cc1. The predicted octanol–water partition coefficient (Wildman–Crippen LogP) is 6.49. The highest BCUT2D eigenvalue weighted by atomic mass is 127. The van der Waals surface area contributed by atoms with E-state index in [1.165, 1.54) is 30.3 Å². The summed E-state index contributed by atoms with van der Waals surface area (Å²) in [6.07, 6.45) is 1.40. The van der Waals surface area contributed by atoms with E-state index in [4.69, 9.17) is 9.47 Å². The molecule has 3 rings (SSSR count). The van der Waals surface area contributed by atoms with Gasteiger partial charge < -0.3 is 14.8 Å². The molecule has 10 heteroatoms. The van der Waals surface area contributed by atoms with E-state index in [0.29, 0.717) is 34.7 Å². The molecule has 8 nitrogen and oxygen atoms in total. The third-order valence-corrected chi connectivity index (χ3v) is 6.06. The Bertz CT molecular complexity index is 1320. The molecule has 3 aromatic rings. The van der Waals surface area contributed by atoms with E-state index in [-0.39, 0.29) is 16.9 Å². The number of carbonyl (C=O) groups excluding carboxylic acids is 1. The van der Waals surface area contributed by atoms with Crippen LogP contribution in [0.5, 0.6) is 11.5 Å². The molecule has 0 fully saturated rings. The van der Waals surface area contributed by atoms with E-state index in [0.717, 1.165) is 9.13 Å². The van der Waals surface area contributed by atoms with Crippen LogP contribution >= 0.6 is 38.5 Å². The Labute approximate surface area is 224 Å². The van der Waals surface area contributed by atoms with Gasteiger partial charge in [0.05, 0.1) is 11.5 Å². The van der Waals surface area contributed by atoms with Crippen LogP contribution in [0.4, 0.5) is 11.4 Å². The molecule has 0 aliphatic heterocycles. The number of ether oxygens (including phenoxy) is 2. The topological polar surface area (TPSA) is 114 Å². The molecule has 0 aliphatic carbocycles. The Balaban J connectivity index is 1.84. The van der Waals surface area contributed by atoms with Gasteiger partial charge in [-0.3, -0.25) is 14.9 Å². The van der Waals surface area contributed by atoms with Crippen LogP contribution in [0.25, 0.3) is 6.08 Å². The van der Waals surface area contributed by atoms with Crippen molar-refractivity contribution in [3.05, 3.63) is 95.5 Å². The number of anilines is 1. The molecule has 0 saturated carbocycles. The van der Waals surface area contributed by atoms with Crippen molar-refractivity contribution in [2.75, 3.05) is 11.9 Å². The lowest BCUT2D eigenvalue weighted by Crippen LogP contribution is -2.13. The first-order valence-corrected chi connectivity index (χ1v) is 12.2. The Kier molecular flexibility index (Phi) is 9.22. The quantitative estimate of drug-likeness (QED) is 0.0934. The molecule has 0 heterocycles. The largest absolute Gasteiger partial charge is 0.490 e. The summed E-state index contributed by atoms with van der Waals surface area (Å²) >= 11 is 5.71. The lowest BCUT2D eigenvalue weighted by Gasteiger charge is -2.14. The number of halogens is 2. The van der Waals surface area contributed by atoms with Gasteiger partial charge in [0.2, 0.25) is 0 Å². The summed E-state index contributed by atoms with van der Waals surface area (Å²) in [7, 11) is 0. The average molecular weight is 648 g/mol. The lowest BCUT2D eigenvalue weighted by molar-refractivity contribution is -0.384. The van der Waals surface area contributed by atoms with Crippen molar-refractivity contribution in [1.29, 1.82) is 5.26 Å². The molecule has 0 atom stereocenters. The molecule has 178 valence electrons. The molecular formula is C25H19BrIN3O5. The van der Waals surface area contributed by atoms with Gasteiger partial charge in [-0.05, 0) is 77.0 Å². The Morgan fingerprint density at radius 3 is 2.54 bits per heavy atom. The number of rotatable bonds is 9. The standard InChI is InChI=1S/C25H19BrIN3O5/c1-2-34-23-11-17(22(26)13-24(23)35-15-16-6-8-19(27)9-7-16)10-18(14-28)25(31)29-20-4-3-5-21(12-20)30(32)33/h3-13H,2,15H2,1H3,(H,29,31)/b18-10+. The molecule has 0 aliphatic rings. The minimum absolute atomic E-state index is 0.171. The smallest absolute Gasteiger partial charge is 0.271 e. The molecule has 0 bridgehead atoms. The first-order valence-electron chi connectivity index (χ1n) is 10.3. The second-order valence-electron chi connectivity index (χ2n) is 7.10. The Morgan fingerprint density at radius 2 is 1.89 bits per heavy atom. The fourth-order valence-electron chi connectivity index (χ4n) is 2.98. The van der Waals surface area contributed by atoms with Crippen LogP contribution in [0, 0.1) is 25.0 Å². The molecule has 3 aromatic carbocycles. The number of nitrogens with zero attached hydrogens (tertiary/aromatic N) is 2. The maximum Gasteiger partial charge on any atom is 0.271 e. The van der Waals surface area contributed by atoms with Gasteiger partial charge in [-0.15, -0.1) is 0 Å². The Hall–Kier alpha value is -3.43. The van der Waals surface area contributed by atoms with Crippen LogP contribution in [-0.4, -0.2) is 17.4 Å². The van der Waals surface area contributed by atoms with Crippen molar-refractivity contribution in [3.63, 3.8) is 0 Å². The third-order valence-electron chi connectivity index (χ3n) is 4.65. The Morgan fingerprint density at radius 1 is 1.17 bits per heavy atom. The fraction of sp³-hybridized carbons (Fsp3) is 0.120. The molecule has 0 aromatic heterocycles. The van der Waals surface area contributed by atoms with Crippen LogP contribution in [-0.2, 0) is 11.4 Å². The second-order valence-corrected chi connectivity index (χ2v) is 9.20. The van der Waals surface area contributed by atoms with Gasteiger partial charge in [-0.2, -0.15) is 5.26 Å². The van der Waals surface area contributed by atoms with Crippen LogP contribution in [0.1, 0.15) is 18.1 Å². The number of amides is 1. The molecule has 0 radical (unpaired) electrons. The zero-order chi connectivity index (χ0) is 25.4. The van der Waals surface area contributed by atoms with E-state index < -0.39 is 10.8 Å². The van der Waals surface area contributed by atoms with E-state index in [2.05, 4.69) is 43.8 Å². The van der Waals surface area contributed by atoms with Crippen molar-refractivity contribution < 1.29 is 19.2 Å². The van der Waals surface area contributed by atoms with E-state index in [1.807, 2.05) is 37.3 Å². The number of nitrogens with one attached hydrogen (secondary N) is 1. The van der Waals surface area contributed by atoms with Gasteiger partial charge >= 0.3 is 0 Å². The van der Waals surface area contributed by atoms with Crippen LogP contribution in [0.15, 0.2) is 70.7 Å². The zero-order valence-electron chi connectivity index (χ0n) is 18.5. The summed E-state index contributed by atoms with van der Waals surface area (Å²) in [5.41, 5.74) is 1.37. The summed E-state index contributed by atoms with van der Waals surface area (Å²) in [5.74, 6) is 0.273. The first kappa shape index (κ1) is 26.2. The van der Waals surface area contributed by atoms with Gasteiger partial charge in [0.15, 0.2) is 11.5 Å². The number of benzene rings is 3. The third kappa shape index (κ3) is 7.27. The highest BCUT2D eigenvalue weighted by molar-refractivity contribution is 14.1. The van der Waals surface area contributed by atoms with E-state index >= 15 is 0 Å². The number of nitro groups is 1. The highest BCUT2D eigenvalue weighted by Gasteiger charge is 2.15. The van der Waals surface area contributed by atoms with Gasteiger partial charge in [0.1, 0.15) is 18.2 Å². The number of nitro benzene ring substituents is 1. The molecule has 0 unspecified atom stereocenters. The van der Waals surface area contributed by atoms with Crippen molar-refractivity contribution in [1.82, 2.24) is 0 Å². The fourth-order valence-corrected chi connectivity index (χ4v) is 3.78. The maximum atomic E-state index is 12.7. The van der Waals surface area contributed by atoms with E-state index in [1.54, 1.807) is 12.1 Å². The first-order chi connectivity index (χ1) is 16.8. The number of carbonyl (C=O) groups is 1. The number of hydrogen-bond donors (Lipinski definition) is 1. The summed E-state index contributed by atoms with van der Waals surface area (Å²) in [6.45, 7) is 2.57. The number of nitriles is 1. The van der Waals surface area contributed by atoms with Crippen molar-refractivity contribution in [2.45, 2.75) is 13.5 Å². The predicted molar refractivity (Wildman–Crippen MR) is 144 cm³/mol. The minimum atomic E-state index is -0.697. The van der Waals surface area contributed by atoms with Gasteiger partial charge in [-0.1, -0.05) is 34.1 Å². The van der Waals surface area contributed by atoms with Crippen molar-refractivity contribution in [3.8, 4) is 17.6 Å². The lowest BCUT2D eigenvalue weighted by atomic mass is 10.1. The summed E-state index contributed by atoms with van der Waals surface area (Å²) in [6, 6.07) is 18.7. The molecule has 35 heavy (non-hydrogen) atoms. The van der Waals surface area contributed by atoms with Gasteiger partial charge in [0.25, 0.3) is 11.6 Å². The molecular weight excluding hydrogens is 629 g/mol. The number of hydrogen-bond acceptors (Lipinski definition) is 6. The van der Waals surface area contributed by atoms with Crippen LogP contribution < -0.4 is 14.8 Å². The molecule has 1 amide bonds. The number of non-ortho nitro benzene ring substituents is 1. The highest BCUT2D eigenvalue weighted by Crippen LogP contribution is 2.35. The van der Waals surface area contributed by atoms with Crippen LogP contribution in [0.3, 0.4) is 0 Å². The summed E-state index contributed by atoms with van der Waals surface area (Å²) < 4.78 is 13.4. The molecule has 1 N–H and O–H groups in total. The average Bonchev–Trinajstić information content (AvgIpc) is 2.84. The van der Waals surface area contributed by atoms with Crippen LogP contribution in [0.2, 0.25) is 0 Å². The monoisotopic (exact) mass is 647 g/mol. The second kappa shape index (κ2) is 12.3. The van der Waals surface area contributed by atoms with Gasteiger partial charge in [-0.25, -0.2) is 0 Å². The summed E-state index contributed by atoms with van der Waals surface area (Å²) in [4.78, 5) is 23.1. The molecule has 0 spiro atoms. The summed E-state index contributed by atoms with van der Waals surface area (Å²) in [5, 5.41) is 23.0.